The molecule has 0 aliphatic heterocycles. The highest BCUT2D eigenvalue weighted by Crippen LogP contribution is 2.50. The number of ether oxygens (including phenoxy) is 1. The molecule has 1 aliphatic carbocycles. The van der Waals surface area contributed by atoms with Crippen LogP contribution >= 0.6 is 0 Å². The van der Waals surface area contributed by atoms with E-state index in [1.54, 1.807) is 0 Å². The van der Waals surface area contributed by atoms with Crippen molar-refractivity contribution in [2.75, 3.05) is 13.7 Å². The van der Waals surface area contributed by atoms with Crippen LogP contribution < -0.4 is 5.73 Å². The van der Waals surface area contributed by atoms with Crippen molar-refractivity contribution in [2.45, 2.75) is 38.8 Å². The number of alkyl halides is 1. The highest BCUT2D eigenvalue weighted by Gasteiger charge is 2.58. The van der Waals surface area contributed by atoms with E-state index in [-0.39, 0.29) is 12.5 Å². The fourth-order valence-corrected chi connectivity index (χ4v) is 2.47. The molecule has 0 heterocycles. The van der Waals surface area contributed by atoms with Gasteiger partial charge in [0.15, 0.2) is 0 Å². The second-order valence-corrected chi connectivity index (χ2v) is 4.77. The van der Waals surface area contributed by atoms with Crippen molar-refractivity contribution >= 4 is 5.97 Å². The van der Waals surface area contributed by atoms with E-state index in [4.69, 9.17) is 10.5 Å². The van der Waals surface area contributed by atoms with Gasteiger partial charge in [-0.15, -0.1) is 0 Å². The molecule has 1 rings (SSSR count). The number of hydrogen-bond acceptors (Lipinski definition) is 3. The molecule has 1 fully saturated rings. The van der Waals surface area contributed by atoms with E-state index in [1.165, 1.54) is 21.0 Å². The second kappa shape index (κ2) is 4.08. The third-order valence-corrected chi connectivity index (χ3v) is 3.73. The van der Waals surface area contributed by atoms with Crippen molar-refractivity contribution in [3.8, 4) is 0 Å². The molecule has 0 aromatic rings. The van der Waals surface area contributed by atoms with Crippen molar-refractivity contribution in [3.05, 3.63) is 0 Å². The summed E-state index contributed by atoms with van der Waals surface area (Å²) in [6, 6.07) is 0. The van der Waals surface area contributed by atoms with Crippen LogP contribution in [0.1, 0.15) is 33.1 Å². The Labute approximate surface area is 90.2 Å². The maximum atomic E-state index is 14.2. The zero-order valence-electron chi connectivity index (χ0n) is 9.68. The van der Waals surface area contributed by atoms with Crippen molar-refractivity contribution < 1.29 is 13.9 Å². The summed E-state index contributed by atoms with van der Waals surface area (Å²) in [5.41, 5.74) is 2.83. The highest BCUT2D eigenvalue weighted by molar-refractivity contribution is 5.79. The summed E-state index contributed by atoms with van der Waals surface area (Å²) in [4.78, 5) is 11.8. The Morgan fingerprint density at radius 2 is 2.07 bits per heavy atom. The summed E-state index contributed by atoms with van der Waals surface area (Å²) >= 11 is 0. The predicted octanol–water partition coefficient (Wildman–Crippen LogP) is 1.65. The van der Waals surface area contributed by atoms with Gasteiger partial charge in [-0.25, -0.2) is 4.39 Å². The van der Waals surface area contributed by atoms with E-state index in [2.05, 4.69) is 0 Å². The minimum Gasteiger partial charge on any atom is -0.468 e. The first kappa shape index (κ1) is 12.4. The van der Waals surface area contributed by atoms with Crippen LogP contribution in [0, 0.1) is 11.3 Å². The molecule has 1 aliphatic rings. The summed E-state index contributed by atoms with van der Waals surface area (Å²) in [5.74, 6) is -0.489. The first-order valence-corrected chi connectivity index (χ1v) is 5.37. The van der Waals surface area contributed by atoms with Crippen LogP contribution in [0.3, 0.4) is 0 Å². The topological polar surface area (TPSA) is 52.3 Å². The van der Waals surface area contributed by atoms with Gasteiger partial charge in [0.25, 0.3) is 0 Å². The van der Waals surface area contributed by atoms with Crippen LogP contribution in [-0.4, -0.2) is 25.3 Å². The molecular formula is C11H20FNO2. The molecule has 0 bridgehead atoms. The fraction of sp³-hybridized carbons (Fsp3) is 0.909. The van der Waals surface area contributed by atoms with Gasteiger partial charge in [-0.2, -0.15) is 0 Å². The van der Waals surface area contributed by atoms with Gasteiger partial charge < -0.3 is 10.5 Å². The molecule has 0 radical (unpaired) electrons. The van der Waals surface area contributed by atoms with Crippen molar-refractivity contribution in [2.24, 2.45) is 17.1 Å². The molecule has 15 heavy (non-hydrogen) atoms. The Balaban J connectivity index is 3.06. The molecule has 88 valence electrons. The molecule has 1 saturated carbocycles. The highest BCUT2D eigenvalue weighted by atomic mass is 19.1. The lowest BCUT2D eigenvalue weighted by Gasteiger charge is -2.47. The van der Waals surface area contributed by atoms with Crippen molar-refractivity contribution in [3.63, 3.8) is 0 Å². The molecule has 0 aromatic carbocycles. The molecule has 1 unspecified atom stereocenters. The van der Waals surface area contributed by atoms with Gasteiger partial charge in [0.1, 0.15) is 11.1 Å². The third-order valence-electron chi connectivity index (χ3n) is 3.73. The molecule has 0 amide bonds. The van der Waals surface area contributed by atoms with Crippen LogP contribution in [0.5, 0.6) is 0 Å². The van der Waals surface area contributed by atoms with Gasteiger partial charge in [0, 0.05) is 6.54 Å². The zero-order chi connectivity index (χ0) is 11.7. The monoisotopic (exact) mass is 217 g/mol. The first-order valence-electron chi connectivity index (χ1n) is 5.37. The van der Waals surface area contributed by atoms with Crippen molar-refractivity contribution in [1.82, 2.24) is 0 Å². The van der Waals surface area contributed by atoms with Gasteiger partial charge in [0.05, 0.1) is 7.11 Å². The lowest BCUT2D eigenvalue weighted by molar-refractivity contribution is -0.171. The first-order chi connectivity index (χ1) is 6.90. The Bertz CT molecular complexity index is 245. The van der Waals surface area contributed by atoms with Gasteiger partial charge in [0.2, 0.25) is 0 Å². The van der Waals surface area contributed by atoms with Crippen LogP contribution in [0.15, 0.2) is 0 Å². The van der Waals surface area contributed by atoms with E-state index in [0.29, 0.717) is 0 Å². The normalized spacial score (nSPS) is 21.7. The summed E-state index contributed by atoms with van der Waals surface area (Å²) in [6.45, 7) is 2.83. The van der Waals surface area contributed by atoms with Crippen LogP contribution in [-0.2, 0) is 9.53 Å². The van der Waals surface area contributed by atoms with E-state index < -0.39 is 17.1 Å². The number of halogens is 1. The molecule has 0 spiro atoms. The summed E-state index contributed by atoms with van der Waals surface area (Å²) in [6.07, 6.45) is 2.76. The minimum atomic E-state index is -1.64. The molecule has 4 heteroatoms. The van der Waals surface area contributed by atoms with Crippen LogP contribution in [0.25, 0.3) is 0 Å². The van der Waals surface area contributed by atoms with Gasteiger partial charge >= 0.3 is 5.97 Å². The lowest BCUT2D eigenvalue weighted by atomic mass is 9.58. The largest absolute Gasteiger partial charge is 0.468 e. The lowest BCUT2D eigenvalue weighted by Crippen LogP contribution is -2.58. The van der Waals surface area contributed by atoms with E-state index >= 15 is 0 Å². The summed E-state index contributed by atoms with van der Waals surface area (Å²) in [7, 11) is 1.29. The standard InChI is InChI=1S/C11H20FNO2/c1-10(2,12)11(7-13,9(14)15-3)8-5-4-6-8/h8H,4-7,13H2,1-3H3. The predicted molar refractivity (Wildman–Crippen MR) is 56.0 cm³/mol. The molecule has 2 N–H and O–H groups in total. The van der Waals surface area contributed by atoms with Crippen molar-refractivity contribution in [1.29, 1.82) is 0 Å². The van der Waals surface area contributed by atoms with Gasteiger partial charge in [-0.3, -0.25) is 4.79 Å². The fourth-order valence-electron chi connectivity index (χ4n) is 2.47. The molecule has 3 nitrogen and oxygen atoms in total. The summed E-state index contributed by atoms with van der Waals surface area (Å²) < 4.78 is 19.0. The maximum absolute atomic E-state index is 14.2. The minimum absolute atomic E-state index is 0.00778. The number of rotatable bonds is 4. The number of carbonyl (C=O) groups is 1. The van der Waals surface area contributed by atoms with E-state index in [0.717, 1.165) is 19.3 Å². The summed E-state index contributed by atoms with van der Waals surface area (Å²) in [5, 5.41) is 0. The van der Waals surface area contributed by atoms with E-state index in [1.807, 2.05) is 0 Å². The Morgan fingerprint density at radius 1 is 1.53 bits per heavy atom. The third kappa shape index (κ3) is 1.75. The van der Waals surface area contributed by atoms with Crippen LogP contribution in [0.2, 0.25) is 0 Å². The SMILES string of the molecule is COC(=O)C(CN)(C1CCC1)C(C)(C)F. The average molecular weight is 217 g/mol. The Kier molecular flexibility index (Phi) is 3.38. The van der Waals surface area contributed by atoms with Gasteiger partial charge in [-0.1, -0.05) is 6.42 Å². The maximum Gasteiger partial charge on any atom is 0.316 e. The molecule has 1 atom stereocenters. The van der Waals surface area contributed by atoms with Crippen LogP contribution in [0.4, 0.5) is 4.39 Å². The molecular weight excluding hydrogens is 197 g/mol. The average Bonchev–Trinajstić information content (AvgIpc) is 2.07. The quantitative estimate of drug-likeness (QED) is 0.728. The zero-order valence-corrected chi connectivity index (χ0v) is 9.68. The number of carbonyl (C=O) groups excluding carboxylic acids is 1. The number of methoxy groups -OCH3 is 1. The number of esters is 1. The molecule has 0 saturated heterocycles. The van der Waals surface area contributed by atoms with E-state index in [9.17, 15) is 9.18 Å². The smallest absolute Gasteiger partial charge is 0.316 e. The Hall–Kier alpha value is -0.640. The number of nitrogens with two attached hydrogens (primary N) is 1. The Morgan fingerprint density at radius 3 is 2.27 bits per heavy atom. The van der Waals surface area contributed by atoms with Gasteiger partial charge in [-0.05, 0) is 32.6 Å². The number of hydrogen-bond donors (Lipinski definition) is 1. The molecule has 0 aromatic heterocycles. The second-order valence-electron chi connectivity index (χ2n) is 4.77.